The van der Waals surface area contributed by atoms with Gasteiger partial charge in [0.15, 0.2) is 6.61 Å². The average molecular weight is 532 g/mol. The molecule has 0 aliphatic heterocycles. The first-order chi connectivity index (χ1) is 16.7. The van der Waals surface area contributed by atoms with E-state index in [1.54, 1.807) is 24.3 Å². The van der Waals surface area contributed by atoms with Crippen molar-refractivity contribution < 1.29 is 14.3 Å². The molecule has 0 radical (unpaired) electrons. The Balaban J connectivity index is 1.76. The third-order valence-electron chi connectivity index (χ3n) is 5.64. The van der Waals surface area contributed by atoms with E-state index in [0.717, 1.165) is 26.7 Å². The van der Waals surface area contributed by atoms with Crippen molar-refractivity contribution in [1.82, 2.24) is 0 Å². The second-order valence-corrected chi connectivity index (χ2v) is 9.11. The largest absolute Gasteiger partial charge is 0.483 e. The minimum absolute atomic E-state index is 0.0894. The molecule has 0 aliphatic rings. The molecule has 0 atom stereocenters. The lowest BCUT2D eigenvalue weighted by molar-refractivity contribution is -0.118. The number of halogens is 1. The number of nitrogens with zero attached hydrogens (tertiary/aromatic N) is 1. The number of hydrogen-bond acceptors (Lipinski definition) is 4. The van der Waals surface area contributed by atoms with Crippen LogP contribution in [0.3, 0.4) is 0 Å². The Bertz CT molecular complexity index is 1360. The molecule has 3 rings (SSSR count). The highest BCUT2D eigenvalue weighted by Crippen LogP contribution is 2.26. The fourth-order valence-electron chi connectivity index (χ4n) is 3.30. The summed E-state index contributed by atoms with van der Waals surface area (Å²) < 4.78 is 6.48. The van der Waals surface area contributed by atoms with Gasteiger partial charge in [0.25, 0.3) is 11.8 Å². The highest BCUT2D eigenvalue weighted by molar-refractivity contribution is 9.10. The second kappa shape index (κ2) is 11.5. The lowest BCUT2D eigenvalue weighted by Crippen LogP contribution is -2.20. The molecule has 0 spiro atoms. The van der Waals surface area contributed by atoms with Gasteiger partial charge in [-0.3, -0.25) is 9.59 Å². The minimum Gasteiger partial charge on any atom is -0.483 e. The van der Waals surface area contributed by atoms with Gasteiger partial charge in [0.1, 0.15) is 17.4 Å². The Labute approximate surface area is 213 Å². The highest BCUT2D eigenvalue weighted by atomic mass is 79.9. The third-order valence-corrected chi connectivity index (χ3v) is 6.13. The smallest absolute Gasteiger partial charge is 0.266 e. The maximum Gasteiger partial charge on any atom is 0.266 e. The van der Waals surface area contributed by atoms with Crippen molar-refractivity contribution in [3.8, 4) is 11.8 Å². The van der Waals surface area contributed by atoms with Gasteiger partial charge in [0.05, 0.1) is 0 Å². The quantitative estimate of drug-likeness (QED) is 0.278. The average Bonchev–Trinajstić information content (AvgIpc) is 2.82. The number of ether oxygens (including phenoxy) is 1. The van der Waals surface area contributed by atoms with Crippen LogP contribution in [0.25, 0.3) is 6.08 Å². The molecule has 7 heteroatoms. The van der Waals surface area contributed by atoms with E-state index in [1.165, 1.54) is 6.08 Å². The molecule has 35 heavy (non-hydrogen) atoms. The zero-order valence-electron chi connectivity index (χ0n) is 20.0. The Morgan fingerprint density at radius 1 is 0.971 bits per heavy atom. The van der Waals surface area contributed by atoms with Crippen LogP contribution in [0.5, 0.6) is 5.75 Å². The molecule has 0 fully saturated rings. The number of nitrogens with one attached hydrogen (secondary N) is 2. The Morgan fingerprint density at radius 3 is 2.46 bits per heavy atom. The molecule has 0 saturated heterocycles. The summed E-state index contributed by atoms with van der Waals surface area (Å²) >= 11 is 3.41. The second-order valence-electron chi connectivity index (χ2n) is 8.19. The van der Waals surface area contributed by atoms with Crippen molar-refractivity contribution in [2.75, 3.05) is 17.2 Å². The molecule has 178 valence electrons. The number of hydrogen-bond donors (Lipinski definition) is 2. The van der Waals surface area contributed by atoms with Crippen molar-refractivity contribution in [3.63, 3.8) is 0 Å². The molecule has 0 aromatic heterocycles. The topological polar surface area (TPSA) is 91.2 Å². The molecule has 2 N–H and O–H groups in total. The number of rotatable bonds is 7. The molecule has 3 aromatic carbocycles. The first-order valence-electron chi connectivity index (χ1n) is 11.0. The Morgan fingerprint density at radius 2 is 1.74 bits per heavy atom. The molecule has 2 amide bonds. The standard InChI is InChI=1S/C28H26BrN3O3/c1-17-8-10-24(12-19(17)3)31-27(33)16-35-26-11-9-23(29)14-21(26)13-22(15-30)28(34)32-25-7-5-6-18(2)20(25)4/h5-14H,16H2,1-4H3,(H,31,33)(H,32,34)/b22-13-. The summed E-state index contributed by atoms with van der Waals surface area (Å²) in [5, 5.41) is 15.3. The van der Waals surface area contributed by atoms with E-state index in [-0.39, 0.29) is 18.1 Å². The molecule has 0 unspecified atom stereocenters. The molecular weight excluding hydrogens is 506 g/mol. The van der Waals surface area contributed by atoms with Crippen LogP contribution in [0.4, 0.5) is 11.4 Å². The van der Waals surface area contributed by atoms with Gasteiger partial charge in [-0.1, -0.05) is 34.1 Å². The normalized spacial score (nSPS) is 10.9. The number of carbonyl (C=O) groups excluding carboxylic acids is 2. The summed E-state index contributed by atoms with van der Waals surface area (Å²) in [6.07, 6.45) is 1.45. The SMILES string of the molecule is Cc1ccc(NC(=O)COc2ccc(Br)cc2/C=C(/C#N)C(=O)Nc2cccc(C)c2C)cc1C. The molecule has 0 aliphatic carbocycles. The number of aryl methyl sites for hydroxylation is 3. The maximum atomic E-state index is 12.8. The van der Waals surface area contributed by atoms with Crippen LogP contribution in [-0.2, 0) is 9.59 Å². The Kier molecular flexibility index (Phi) is 8.45. The van der Waals surface area contributed by atoms with Crippen LogP contribution < -0.4 is 15.4 Å². The zero-order valence-corrected chi connectivity index (χ0v) is 21.6. The predicted molar refractivity (Wildman–Crippen MR) is 142 cm³/mol. The number of carbonyl (C=O) groups is 2. The fraction of sp³-hybridized carbons (Fsp3) is 0.179. The van der Waals surface area contributed by atoms with Crippen LogP contribution in [0, 0.1) is 39.0 Å². The summed E-state index contributed by atoms with van der Waals surface area (Å²) in [6, 6.07) is 18.4. The van der Waals surface area contributed by atoms with Gasteiger partial charge in [-0.15, -0.1) is 0 Å². The molecule has 0 saturated carbocycles. The zero-order chi connectivity index (χ0) is 25.5. The number of benzene rings is 3. The lowest BCUT2D eigenvalue weighted by Gasteiger charge is -2.12. The summed E-state index contributed by atoms with van der Waals surface area (Å²) in [7, 11) is 0. The van der Waals surface area contributed by atoms with Crippen LogP contribution in [0.15, 0.2) is 64.6 Å². The van der Waals surface area contributed by atoms with Gasteiger partial charge in [-0.25, -0.2) is 0 Å². The lowest BCUT2D eigenvalue weighted by atomic mass is 10.1. The summed E-state index contributed by atoms with van der Waals surface area (Å²) in [4.78, 5) is 25.2. The molecule has 3 aromatic rings. The summed E-state index contributed by atoms with van der Waals surface area (Å²) in [5.41, 5.74) is 5.91. The van der Waals surface area contributed by atoms with Crippen LogP contribution in [-0.4, -0.2) is 18.4 Å². The monoisotopic (exact) mass is 531 g/mol. The number of anilines is 2. The van der Waals surface area contributed by atoms with Crippen LogP contribution in [0.2, 0.25) is 0 Å². The Hall–Kier alpha value is -3.89. The van der Waals surface area contributed by atoms with E-state index in [4.69, 9.17) is 4.74 Å². The van der Waals surface area contributed by atoms with Gasteiger partial charge in [0.2, 0.25) is 0 Å². The van der Waals surface area contributed by atoms with Gasteiger partial charge in [-0.2, -0.15) is 5.26 Å². The van der Waals surface area contributed by atoms with Crippen molar-refractivity contribution >= 4 is 45.2 Å². The van der Waals surface area contributed by atoms with E-state index in [9.17, 15) is 14.9 Å². The van der Waals surface area contributed by atoms with Crippen molar-refractivity contribution in [2.24, 2.45) is 0 Å². The fourth-order valence-corrected chi connectivity index (χ4v) is 3.68. The van der Waals surface area contributed by atoms with Gasteiger partial charge in [-0.05, 0) is 92.4 Å². The molecule has 6 nitrogen and oxygen atoms in total. The number of nitriles is 1. The van der Waals surface area contributed by atoms with Gasteiger partial charge >= 0.3 is 0 Å². The highest BCUT2D eigenvalue weighted by Gasteiger charge is 2.14. The van der Waals surface area contributed by atoms with E-state index >= 15 is 0 Å². The predicted octanol–water partition coefficient (Wildman–Crippen LogP) is 6.25. The third kappa shape index (κ3) is 6.81. The first-order valence-corrected chi connectivity index (χ1v) is 11.8. The van der Waals surface area contributed by atoms with Crippen molar-refractivity contribution in [2.45, 2.75) is 27.7 Å². The van der Waals surface area contributed by atoms with Gasteiger partial charge < -0.3 is 15.4 Å². The van der Waals surface area contributed by atoms with Crippen LogP contribution >= 0.6 is 15.9 Å². The van der Waals surface area contributed by atoms with Crippen molar-refractivity contribution in [1.29, 1.82) is 5.26 Å². The molecular formula is C28H26BrN3O3. The van der Waals surface area contributed by atoms with E-state index in [1.807, 2.05) is 64.1 Å². The minimum atomic E-state index is -0.528. The molecule has 0 heterocycles. The van der Waals surface area contributed by atoms with Crippen LogP contribution in [0.1, 0.15) is 27.8 Å². The van der Waals surface area contributed by atoms with Crippen molar-refractivity contribution in [3.05, 3.63) is 92.5 Å². The van der Waals surface area contributed by atoms with Gasteiger partial charge in [0, 0.05) is 21.4 Å². The maximum absolute atomic E-state index is 12.8. The van der Waals surface area contributed by atoms with E-state index in [0.29, 0.717) is 22.7 Å². The summed E-state index contributed by atoms with van der Waals surface area (Å²) in [5.74, 6) is -0.477. The van der Waals surface area contributed by atoms with E-state index in [2.05, 4.69) is 26.6 Å². The number of amides is 2. The first kappa shape index (κ1) is 25.7. The van der Waals surface area contributed by atoms with E-state index < -0.39 is 5.91 Å². The molecule has 0 bridgehead atoms. The summed E-state index contributed by atoms with van der Waals surface area (Å²) in [6.45, 7) is 7.61.